The molecule has 0 saturated heterocycles. The van der Waals surface area contributed by atoms with E-state index in [2.05, 4.69) is 0 Å². The largest absolute Gasteiger partial charge is 0.478 e. The standard InChI is InChI=1S/C13H16N2O4/c1-2-8-14(9-6-7-9)12-10(13(16)17)4-3-5-11(12)15(18)19/h3-5,9H,2,6-8H2,1H3,(H,16,17). The molecule has 1 fully saturated rings. The van der Waals surface area contributed by atoms with Gasteiger partial charge in [0.15, 0.2) is 0 Å². The Balaban J connectivity index is 2.55. The van der Waals surface area contributed by atoms with Crippen LogP contribution in [0.4, 0.5) is 11.4 Å². The highest BCUT2D eigenvalue weighted by Crippen LogP contribution is 2.39. The summed E-state index contributed by atoms with van der Waals surface area (Å²) in [6.07, 6.45) is 2.75. The van der Waals surface area contributed by atoms with Gasteiger partial charge in [0.1, 0.15) is 5.69 Å². The summed E-state index contributed by atoms with van der Waals surface area (Å²) in [5.74, 6) is -1.12. The monoisotopic (exact) mass is 264 g/mol. The summed E-state index contributed by atoms with van der Waals surface area (Å²) < 4.78 is 0. The van der Waals surface area contributed by atoms with Gasteiger partial charge in [-0.3, -0.25) is 10.1 Å². The summed E-state index contributed by atoms with van der Waals surface area (Å²) in [7, 11) is 0. The average Bonchev–Trinajstić information content (AvgIpc) is 3.19. The quantitative estimate of drug-likeness (QED) is 0.630. The fourth-order valence-corrected chi connectivity index (χ4v) is 2.26. The second-order valence-electron chi connectivity index (χ2n) is 4.66. The van der Waals surface area contributed by atoms with E-state index in [4.69, 9.17) is 0 Å². The molecule has 0 aromatic heterocycles. The lowest BCUT2D eigenvalue weighted by Crippen LogP contribution is -2.29. The van der Waals surface area contributed by atoms with Crippen molar-refractivity contribution in [2.45, 2.75) is 32.2 Å². The molecule has 0 radical (unpaired) electrons. The summed E-state index contributed by atoms with van der Waals surface area (Å²) in [5.41, 5.74) is 0.138. The van der Waals surface area contributed by atoms with E-state index in [0.29, 0.717) is 6.54 Å². The fourth-order valence-electron chi connectivity index (χ4n) is 2.26. The van der Waals surface area contributed by atoms with Gasteiger partial charge in [0.25, 0.3) is 5.69 Å². The van der Waals surface area contributed by atoms with Crippen LogP contribution in [0.25, 0.3) is 0 Å². The molecule has 1 aliphatic rings. The number of carboxylic acid groups (broad SMARTS) is 1. The Kier molecular flexibility index (Phi) is 3.69. The molecular weight excluding hydrogens is 248 g/mol. The highest BCUT2D eigenvalue weighted by atomic mass is 16.6. The average molecular weight is 264 g/mol. The molecule has 1 aliphatic carbocycles. The summed E-state index contributed by atoms with van der Waals surface area (Å²) in [5, 5.41) is 20.4. The van der Waals surface area contributed by atoms with Crippen molar-refractivity contribution in [1.29, 1.82) is 0 Å². The molecule has 102 valence electrons. The van der Waals surface area contributed by atoms with Gasteiger partial charge in [-0.1, -0.05) is 13.0 Å². The molecule has 19 heavy (non-hydrogen) atoms. The van der Waals surface area contributed by atoms with Crippen molar-refractivity contribution in [3.63, 3.8) is 0 Å². The van der Waals surface area contributed by atoms with Gasteiger partial charge in [-0.25, -0.2) is 4.79 Å². The van der Waals surface area contributed by atoms with Crippen molar-refractivity contribution in [2.75, 3.05) is 11.4 Å². The third-order valence-corrected chi connectivity index (χ3v) is 3.18. The maximum atomic E-state index is 11.3. The molecule has 1 N–H and O–H groups in total. The van der Waals surface area contributed by atoms with E-state index in [1.165, 1.54) is 18.2 Å². The molecule has 2 rings (SSSR count). The molecule has 0 spiro atoms. The van der Waals surface area contributed by atoms with E-state index in [9.17, 15) is 20.0 Å². The lowest BCUT2D eigenvalue weighted by Gasteiger charge is -2.25. The highest BCUT2D eigenvalue weighted by molar-refractivity contribution is 5.97. The van der Waals surface area contributed by atoms with Gasteiger partial charge >= 0.3 is 5.97 Å². The Labute approximate surface area is 110 Å². The van der Waals surface area contributed by atoms with Gasteiger partial charge < -0.3 is 10.0 Å². The number of nitro benzene ring substituents is 1. The number of nitro groups is 1. The zero-order chi connectivity index (χ0) is 14.0. The topological polar surface area (TPSA) is 83.7 Å². The summed E-state index contributed by atoms with van der Waals surface area (Å²) in [4.78, 5) is 23.8. The number of hydrogen-bond donors (Lipinski definition) is 1. The van der Waals surface area contributed by atoms with Crippen molar-refractivity contribution in [3.8, 4) is 0 Å². The maximum absolute atomic E-state index is 11.3. The second kappa shape index (κ2) is 5.26. The molecule has 0 heterocycles. The first kappa shape index (κ1) is 13.3. The van der Waals surface area contributed by atoms with Crippen molar-refractivity contribution in [1.82, 2.24) is 0 Å². The van der Waals surface area contributed by atoms with E-state index < -0.39 is 10.9 Å². The van der Waals surface area contributed by atoms with Crippen LogP contribution in [0.5, 0.6) is 0 Å². The number of carboxylic acids is 1. The molecule has 0 bridgehead atoms. The van der Waals surface area contributed by atoms with Crippen molar-refractivity contribution in [3.05, 3.63) is 33.9 Å². The molecule has 0 aliphatic heterocycles. The molecular formula is C13H16N2O4. The molecule has 0 amide bonds. The Morgan fingerprint density at radius 3 is 2.68 bits per heavy atom. The van der Waals surface area contributed by atoms with Crippen molar-refractivity contribution >= 4 is 17.3 Å². The third-order valence-electron chi connectivity index (χ3n) is 3.18. The van der Waals surface area contributed by atoms with Crippen LogP contribution in [-0.2, 0) is 0 Å². The minimum atomic E-state index is -1.12. The predicted molar refractivity (Wildman–Crippen MR) is 70.7 cm³/mol. The molecule has 6 heteroatoms. The second-order valence-corrected chi connectivity index (χ2v) is 4.66. The van der Waals surface area contributed by atoms with Gasteiger partial charge in [0.05, 0.1) is 10.5 Å². The van der Waals surface area contributed by atoms with Crippen LogP contribution in [0, 0.1) is 10.1 Å². The first-order chi connectivity index (χ1) is 9.06. The molecule has 1 aromatic carbocycles. The Hall–Kier alpha value is -2.11. The number of carbonyl (C=O) groups is 1. The molecule has 1 aromatic rings. The van der Waals surface area contributed by atoms with Gasteiger partial charge in [-0.05, 0) is 25.3 Å². The highest BCUT2D eigenvalue weighted by Gasteiger charge is 2.35. The van der Waals surface area contributed by atoms with Crippen LogP contribution in [0.2, 0.25) is 0 Å². The van der Waals surface area contributed by atoms with E-state index in [0.717, 1.165) is 19.3 Å². The normalized spacial score (nSPS) is 14.2. The number of anilines is 1. The Morgan fingerprint density at radius 1 is 1.53 bits per heavy atom. The lowest BCUT2D eigenvalue weighted by molar-refractivity contribution is -0.384. The number of para-hydroxylation sites is 1. The van der Waals surface area contributed by atoms with E-state index in [1.807, 2.05) is 11.8 Å². The SMILES string of the molecule is CCCN(c1c(C(=O)O)cccc1[N+](=O)[O-])C1CC1. The number of hydrogen-bond acceptors (Lipinski definition) is 4. The smallest absolute Gasteiger partial charge is 0.338 e. The van der Waals surface area contributed by atoms with E-state index >= 15 is 0 Å². The van der Waals surface area contributed by atoms with Crippen molar-refractivity contribution < 1.29 is 14.8 Å². The first-order valence-electron chi connectivity index (χ1n) is 6.33. The number of nitrogens with zero attached hydrogens (tertiary/aromatic N) is 2. The molecule has 0 unspecified atom stereocenters. The summed E-state index contributed by atoms with van der Waals surface area (Å²) in [6.45, 7) is 2.61. The summed E-state index contributed by atoms with van der Waals surface area (Å²) >= 11 is 0. The van der Waals surface area contributed by atoms with Gasteiger partial charge in [-0.2, -0.15) is 0 Å². The molecule has 0 atom stereocenters. The zero-order valence-electron chi connectivity index (χ0n) is 10.7. The van der Waals surface area contributed by atoms with Gasteiger partial charge in [0.2, 0.25) is 0 Å². The minimum absolute atomic E-state index is 0.00884. The number of aromatic carboxylic acids is 1. The zero-order valence-corrected chi connectivity index (χ0v) is 10.7. The predicted octanol–water partition coefficient (Wildman–Crippen LogP) is 2.67. The van der Waals surface area contributed by atoms with Crippen molar-refractivity contribution in [2.24, 2.45) is 0 Å². The van der Waals surface area contributed by atoms with Crippen LogP contribution in [0.3, 0.4) is 0 Å². The van der Waals surface area contributed by atoms with E-state index in [1.54, 1.807) is 0 Å². The van der Waals surface area contributed by atoms with Gasteiger partial charge in [0, 0.05) is 18.7 Å². The maximum Gasteiger partial charge on any atom is 0.338 e. The molecule has 1 saturated carbocycles. The van der Waals surface area contributed by atoms with Gasteiger partial charge in [-0.15, -0.1) is 0 Å². The lowest BCUT2D eigenvalue weighted by atomic mass is 10.1. The Morgan fingerprint density at radius 2 is 2.21 bits per heavy atom. The number of benzene rings is 1. The van der Waals surface area contributed by atoms with Crippen LogP contribution in [0.15, 0.2) is 18.2 Å². The third kappa shape index (κ3) is 2.67. The van der Waals surface area contributed by atoms with Crippen LogP contribution >= 0.6 is 0 Å². The molecule has 6 nitrogen and oxygen atoms in total. The van der Waals surface area contributed by atoms with Crippen LogP contribution < -0.4 is 4.90 Å². The Bertz CT molecular complexity index is 479. The number of rotatable bonds is 6. The fraction of sp³-hybridized carbons (Fsp3) is 0.462. The summed E-state index contributed by atoms with van der Waals surface area (Å²) in [6, 6.07) is 4.45. The van der Waals surface area contributed by atoms with E-state index in [-0.39, 0.29) is 23.0 Å². The first-order valence-corrected chi connectivity index (χ1v) is 6.33. The van der Waals surface area contributed by atoms with Crippen LogP contribution in [0.1, 0.15) is 36.5 Å². The minimum Gasteiger partial charge on any atom is -0.478 e. The van der Waals surface area contributed by atoms with Crippen LogP contribution in [-0.4, -0.2) is 28.6 Å².